The first-order valence-corrected chi connectivity index (χ1v) is 12.0. The highest BCUT2D eigenvalue weighted by molar-refractivity contribution is 6.30. The predicted octanol–water partition coefficient (Wildman–Crippen LogP) is 4.51. The number of nitrogens with zero attached hydrogens (tertiary/aromatic N) is 1. The van der Waals surface area contributed by atoms with Crippen LogP contribution in [0.1, 0.15) is 18.1 Å². The summed E-state index contributed by atoms with van der Waals surface area (Å²) in [5.74, 6) is 0.914. The minimum Gasteiger partial charge on any atom is -0.496 e. The van der Waals surface area contributed by atoms with Gasteiger partial charge in [-0.05, 0) is 30.2 Å². The second-order valence-corrected chi connectivity index (χ2v) is 8.53. The fraction of sp³-hybridized carbons (Fsp3) is 0.286. The Morgan fingerprint density at radius 1 is 0.889 bits per heavy atom. The van der Waals surface area contributed by atoms with Crippen molar-refractivity contribution in [2.45, 2.75) is 25.9 Å². The van der Waals surface area contributed by atoms with Gasteiger partial charge in [0, 0.05) is 42.7 Å². The van der Waals surface area contributed by atoms with Gasteiger partial charge in [-0.2, -0.15) is 0 Å². The lowest BCUT2D eigenvalue weighted by atomic mass is 10.0. The van der Waals surface area contributed by atoms with Crippen LogP contribution in [0.5, 0.6) is 17.2 Å². The highest BCUT2D eigenvalue weighted by atomic mass is 35.5. The van der Waals surface area contributed by atoms with Gasteiger partial charge in [-0.1, -0.05) is 54.1 Å². The maximum Gasteiger partial charge on any atom is 0.261 e. The first kappa shape index (κ1) is 26.9. The molecule has 3 aromatic rings. The van der Waals surface area contributed by atoms with E-state index in [2.05, 4.69) is 5.32 Å². The van der Waals surface area contributed by atoms with Crippen molar-refractivity contribution in [1.29, 1.82) is 0 Å². The Balaban J connectivity index is 1.90. The topological polar surface area (TPSA) is 77.1 Å². The van der Waals surface area contributed by atoms with E-state index in [0.29, 0.717) is 35.2 Å². The Bertz CT molecular complexity index is 1130. The number of rotatable bonds is 12. The smallest absolute Gasteiger partial charge is 0.261 e. The maximum absolute atomic E-state index is 13.6. The largest absolute Gasteiger partial charge is 0.496 e. The van der Waals surface area contributed by atoms with E-state index < -0.39 is 6.04 Å². The SMILES string of the molecule is CCNC(=O)C(Cc1ccccc1)N(Cc1cccc(Cl)c1)C(=O)COc1cc(OC)cc(OC)c1. The minimum absolute atomic E-state index is 0.193. The van der Waals surface area contributed by atoms with E-state index in [-0.39, 0.29) is 25.0 Å². The third-order valence-electron chi connectivity index (χ3n) is 5.55. The first-order chi connectivity index (χ1) is 17.4. The van der Waals surface area contributed by atoms with Crippen molar-refractivity contribution in [3.8, 4) is 17.2 Å². The minimum atomic E-state index is -0.748. The Morgan fingerprint density at radius 2 is 1.53 bits per heavy atom. The second-order valence-electron chi connectivity index (χ2n) is 8.09. The molecular weight excluding hydrogens is 480 g/mol. The monoisotopic (exact) mass is 510 g/mol. The molecule has 190 valence electrons. The van der Waals surface area contributed by atoms with Crippen LogP contribution < -0.4 is 19.5 Å². The number of carbonyl (C=O) groups is 2. The molecule has 1 N–H and O–H groups in total. The summed E-state index contributed by atoms with van der Waals surface area (Å²) in [5.41, 5.74) is 1.75. The van der Waals surface area contributed by atoms with Crippen molar-refractivity contribution >= 4 is 23.4 Å². The molecule has 0 saturated carbocycles. The molecule has 0 heterocycles. The van der Waals surface area contributed by atoms with E-state index in [1.165, 1.54) is 14.2 Å². The van der Waals surface area contributed by atoms with Gasteiger partial charge in [0.05, 0.1) is 14.2 Å². The molecule has 0 aliphatic rings. The Morgan fingerprint density at radius 3 is 2.14 bits per heavy atom. The quantitative estimate of drug-likeness (QED) is 0.388. The number of methoxy groups -OCH3 is 2. The Hall–Kier alpha value is -3.71. The lowest BCUT2D eigenvalue weighted by molar-refractivity contribution is -0.142. The number of amides is 2. The van der Waals surface area contributed by atoms with Crippen LogP contribution in [0, 0.1) is 0 Å². The molecule has 0 spiro atoms. The maximum atomic E-state index is 13.6. The van der Waals surface area contributed by atoms with Crippen LogP contribution in [0.3, 0.4) is 0 Å². The molecule has 0 bridgehead atoms. The van der Waals surface area contributed by atoms with E-state index >= 15 is 0 Å². The normalized spacial score (nSPS) is 11.3. The van der Waals surface area contributed by atoms with E-state index in [1.807, 2.05) is 49.4 Å². The fourth-order valence-corrected chi connectivity index (χ4v) is 3.98. The molecule has 0 aliphatic heterocycles. The standard InChI is InChI=1S/C28H31ClN2O5/c1-4-30-28(33)26(14-20-9-6-5-7-10-20)31(18-21-11-8-12-22(29)13-21)27(32)19-36-25-16-23(34-2)15-24(17-25)35-3/h5-13,15-17,26H,4,14,18-19H2,1-3H3,(H,30,33). The van der Waals surface area contributed by atoms with Crippen LogP contribution in [0.25, 0.3) is 0 Å². The highest BCUT2D eigenvalue weighted by Gasteiger charge is 2.30. The lowest BCUT2D eigenvalue weighted by Gasteiger charge is -2.31. The molecule has 3 aromatic carbocycles. The molecule has 2 amide bonds. The number of ether oxygens (including phenoxy) is 3. The van der Waals surface area contributed by atoms with Crippen LogP contribution in [-0.4, -0.2) is 50.1 Å². The summed E-state index contributed by atoms with van der Waals surface area (Å²) >= 11 is 6.20. The Kier molecular flexibility index (Phi) is 10.0. The van der Waals surface area contributed by atoms with Crippen LogP contribution in [-0.2, 0) is 22.6 Å². The van der Waals surface area contributed by atoms with Crippen LogP contribution in [0.15, 0.2) is 72.8 Å². The molecule has 0 saturated heterocycles. The molecule has 3 rings (SSSR count). The summed E-state index contributed by atoms with van der Waals surface area (Å²) in [6.45, 7) is 2.21. The summed E-state index contributed by atoms with van der Waals surface area (Å²) in [4.78, 5) is 28.3. The molecular formula is C28H31ClN2O5. The van der Waals surface area contributed by atoms with Gasteiger partial charge in [0.1, 0.15) is 23.3 Å². The number of nitrogens with one attached hydrogen (secondary N) is 1. The highest BCUT2D eigenvalue weighted by Crippen LogP contribution is 2.27. The van der Waals surface area contributed by atoms with Crippen molar-refractivity contribution in [2.75, 3.05) is 27.4 Å². The van der Waals surface area contributed by atoms with Gasteiger partial charge in [-0.3, -0.25) is 9.59 Å². The van der Waals surface area contributed by atoms with Gasteiger partial charge in [0.25, 0.3) is 5.91 Å². The molecule has 1 atom stereocenters. The number of carbonyl (C=O) groups excluding carboxylic acids is 2. The summed E-state index contributed by atoms with van der Waals surface area (Å²) in [6, 6.07) is 21.1. The molecule has 36 heavy (non-hydrogen) atoms. The second kappa shape index (κ2) is 13.4. The van der Waals surface area contributed by atoms with Gasteiger partial charge in [0.15, 0.2) is 6.61 Å². The molecule has 8 heteroatoms. The van der Waals surface area contributed by atoms with Crippen molar-refractivity contribution < 1.29 is 23.8 Å². The molecule has 0 radical (unpaired) electrons. The number of likely N-dealkylation sites (N-methyl/N-ethyl adjacent to an activating group) is 1. The average molecular weight is 511 g/mol. The molecule has 0 aromatic heterocycles. The van der Waals surface area contributed by atoms with E-state index in [1.54, 1.807) is 35.2 Å². The van der Waals surface area contributed by atoms with Gasteiger partial charge >= 0.3 is 0 Å². The van der Waals surface area contributed by atoms with Crippen molar-refractivity contribution in [3.05, 3.63) is 88.9 Å². The number of hydrogen-bond acceptors (Lipinski definition) is 5. The Labute approximate surface area is 216 Å². The van der Waals surface area contributed by atoms with Gasteiger partial charge in [-0.15, -0.1) is 0 Å². The van der Waals surface area contributed by atoms with Crippen LogP contribution in [0.2, 0.25) is 5.02 Å². The van der Waals surface area contributed by atoms with Crippen LogP contribution in [0.4, 0.5) is 0 Å². The van der Waals surface area contributed by atoms with E-state index in [4.69, 9.17) is 25.8 Å². The first-order valence-electron chi connectivity index (χ1n) is 11.6. The zero-order valence-corrected chi connectivity index (χ0v) is 21.5. The summed E-state index contributed by atoms with van der Waals surface area (Å²) in [6.07, 6.45) is 0.353. The van der Waals surface area contributed by atoms with Crippen molar-refractivity contribution in [2.24, 2.45) is 0 Å². The van der Waals surface area contributed by atoms with Gasteiger partial charge in [0.2, 0.25) is 5.91 Å². The molecule has 1 unspecified atom stereocenters. The van der Waals surface area contributed by atoms with Gasteiger partial charge in [-0.25, -0.2) is 0 Å². The van der Waals surface area contributed by atoms with Gasteiger partial charge < -0.3 is 24.4 Å². The summed E-state index contributed by atoms with van der Waals surface area (Å²) in [5, 5.41) is 3.42. The number of halogens is 1. The molecule has 7 nitrogen and oxygen atoms in total. The number of hydrogen-bond donors (Lipinski definition) is 1. The average Bonchev–Trinajstić information content (AvgIpc) is 2.89. The van der Waals surface area contributed by atoms with E-state index in [0.717, 1.165) is 11.1 Å². The molecule has 0 aliphatic carbocycles. The molecule has 0 fully saturated rings. The summed E-state index contributed by atoms with van der Waals surface area (Å²) in [7, 11) is 3.08. The summed E-state index contributed by atoms with van der Waals surface area (Å²) < 4.78 is 16.4. The third kappa shape index (κ3) is 7.65. The lowest BCUT2D eigenvalue weighted by Crippen LogP contribution is -2.51. The van der Waals surface area contributed by atoms with E-state index in [9.17, 15) is 9.59 Å². The number of benzene rings is 3. The van der Waals surface area contributed by atoms with Crippen LogP contribution >= 0.6 is 11.6 Å². The predicted molar refractivity (Wildman–Crippen MR) is 140 cm³/mol. The zero-order chi connectivity index (χ0) is 25.9. The van der Waals surface area contributed by atoms with Crippen molar-refractivity contribution in [3.63, 3.8) is 0 Å². The fourth-order valence-electron chi connectivity index (χ4n) is 3.77. The zero-order valence-electron chi connectivity index (χ0n) is 20.7. The third-order valence-corrected chi connectivity index (χ3v) is 5.79. The van der Waals surface area contributed by atoms with Crippen molar-refractivity contribution in [1.82, 2.24) is 10.2 Å².